The van der Waals surface area contributed by atoms with Crippen molar-refractivity contribution in [2.75, 3.05) is 5.88 Å². The Morgan fingerprint density at radius 3 is 2.75 bits per heavy atom. The van der Waals surface area contributed by atoms with E-state index < -0.39 is 32.8 Å². The lowest BCUT2D eigenvalue weighted by atomic mass is 10.1. The fourth-order valence-corrected chi connectivity index (χ4v) is 3.35. The van der Waals surface area contributed by atoms with Crippen LogP contribution in [0, 0.1) is 11.6 Å². The van der Waals surface area contributed by atoms with Gasteiger partial charge in [0.2, 0.25) is 0 Å². The Morgan fingerprint density at radius 2 is 2.15 bits per heavy atom. The number of alkyl halides is 1. The molecule has 1 aromatic rings. The van der Waals surface area contributed by atoms with Crippen LogP contribution in [0.4, 0.5) is 8.78 Å². The zero-order valence-electron chi connectivity index (χ0n) is 10.6. The van der Waals surface area contributed by atoms with Gasteiger partial charge in [0.1, 0.15) is 0 Å². The van der Waals surface area contributed by atoms with Gasteiger partial charge in [-0.1, -0.05) is 17.3 Å². The Hall–Kier alpha value is -1.21. The van der Waals surface area contributed by atoms with Crippen molar-refractivity contribution >= 4 is 26.5 Å². The van der Waals surface area contributed by atoms with Gasteiger partial charge in [0.05, 0.1) is 11.6 Å². The minimum Gasteiger partial charge on any atom is -0.387 e. The molecule has 4 nitrogen and oxygen atoms in total. The van der Waals surface area contributed by atoms with Crippen molar-refractivity contribution < 1.29 is 22.0 Å². The maximum atomic E-state index is 13.5. The number of rotatable bonds is 3. The number of halogens is 3. The minimum absolute atomic E-state index is 0.00969. The van der Waals surface area contributed by atoms with Gasteiger partial charge in [-0.3, -0.25) is 0 Å². The van der Waals surface area contributed by atoms with E-state index in [4.69, 9.17) is 16.4 Å². The average Bonchev–Trinajstić information content (AvgIpc) is 2.79. The predicted octanol–water partition coefficient (Wildman–Crippen LogP) is 2.61. The van der Waals surface area contributed by atoms with Crippen LogP contribution >= 0.6 is 11.6 Å². The summed E-state index contributed by atoms with van der Waals surface area (Å²) in [5.41, 5.74) is -1.13. The molecule has 0 N–H and O–H groups in total. The van der Waals surface area contributed by atoms with E-state index in [9.17, 15) is 17.2 Å². The summed E-state index contributed by atoms with van der Waals surface area (Å²) in [5, 5.41) is 3.30. The normalized spacial score (nSPS) is 22.5. The SMILES string of the molecule is CC1(CCl)CC(S(=O)(=O)Cc2cccc(F)c2F)=NO1. The van der Waals surface area contributed by atoms with Crippen LogP contribution in [0.15, 0.2) is 23.4 Å². The second kappa shape index (κ2) is 5.29. The molecule has 0 aliphatic carbocycles. The summed E-state index contributed by atoms with van der Waals surface area (Å²) in [6, 6.07) is 3.39. The molecule has 1 heterocycles. The maximum Gasteiger partial charge on any atom is 0.199 e. The van der Waals surface area contributed by atoms with E-state index in [1.165, 1.54) is 12.1 Å². The highest BCUT2D eigenvalue weighted by atomic mass is 35.5. The van der Waals surface area contributed by atoms with E-state index in [0.29, 0.717) is 0 Å². The lowest BCUT2D eigenvalue weighted by molar-refractivity contribution is 0.0152. The van der Waals surface area contributed by atoms with Crippen LogP contribution < -0.4 is 0 Å². The Kier molecular flexibility index (Phi) is 4.02. The highest BCUT2D eigenvalue weighted by molar-refractivity contribution is 8.05. The summed E-state index contributed by atoms with van der Waals surface area (Å²) in [4.78, 5) is 4.99. The van der Waals surface area contributed by atoms with Crippen LogP contribution in [0.3, 0.4) is 0 Å². The number of hydrogen-bond acceptors (Lipinski definition) is 4. The lowest BCUT2D eigenvalue weighted by Crippen LogP contribution is -2.28. The first-order chi connectivity index (χ1) is 9.27. The van der Waals surface area contributed by atoms with Crippen LogP contribution in [0.1, 0.15) is 18.9 Å². The highest BCUT2D eigenvalue weighted by Gasteiger charge is 2.39. The highest BCUT2D eigenvalue weighted by Crippen LogP contribution is 2.28. The molecule has 1 atom stereocenters. The zero-order valence-corrected chi connectivity index (χ0v) is 12.1. The number of hydrogen-bond donors (Lipinski definition) is 0. The van der Waals surface area contributed by atoms with Crippen molar-refractivity contribution in [1.29, 1.82) is 0 Å². The predicted molar refractivity (Wildman–Crippen MR) is 71.2 cm³/mol. The van der Waals surface area contributed by atoms with Gasteiger partial charge < -0.3 is 4.84 Å². The smallest absolute Gasteiger partial charge is 0.199 e. The quantitative estimate of drug-likeness (QED) is 0.803. The van der Waals surface area contributed by atoms with Gasteiger partial charge in [-0.15, -0.1) is 11.6 Å². The van der Waals surface area contributed by atoms with E-state index in [1.54, 1.807) is 6.92 Å². The molecule has 0 saturated carbocycles. The van der Waals surface area contributed by atoms with Gasteiger partial charge in [0.25, 0.3) is 0 Å². The number of oxime groups is 1. The first-order valence-corrected chi connectivity index (χ1v) is 7.93. The molecule has 0 radical (unpaired) electrons. The summed E-state index contributed by atoms with van der Waals surface area (Å²) in [5.74, 6) is -2.86. The molecule has 8 heteroatoms. The number of benzene rings is 1. The molecule has 2 rings (SSSR count). The summed E-state index contributed by atoms with van der Waals surface area (Å²) in [6.07, 6.45) is 0.00969. The average molecular weight is 324 g/mol. The van der Waals surface area contributed by atoms with Crippen molar-refractivity contribution in [3.05, 3.63) is 35.4 Å². The molecule has 1 aliphatic heterocycles. The second-order valence-corrected chi connectivity index (χ2v) is 7.07. The molecular weight excluding hydrogens is 312 g/mol. The minimum atomic E-state index is -3.87. The van der Waals surface area contributed by atoms with Gasteiger partial charge in [-0.25, -0.2) is 17.2 Å². The van der Waals surface area contributed by atoms with Gasteiger partial charge in [-0.05, 0) is 13.0 Å². The van der Waals surface area contributed by atoms with E-state index >= 15 is 0 Å². The fourth-order valence-electron chi connectivity index (χ4n) is 1.73. The van der Waals surface area contributed by atoms with E-state index in [0.717, 1.165) is 6.07 Å². The zero-order chi connectivity index (χ0) is 15.0. The maximum absolute atomic E-state index is 13.5. The third-order valence-corrected chi connectivity index (χ3v) is 5.11. The topological polar surface area (TPSA) is 55.7 Å². The molecule has 0 aromatic heterocycles. The monoisotopic (exact) mass is 323 g/mol. The van der Waals surface area contributed by atoms with Crippen LogP contribution in [-0.4, -0.2) is 24.9 Å². The van der Waals surface area contributed by atoms with Crippen LogP contribution in [0.25, 0.3) is 0 Å². The van der Waals surface area contributed by atoms with Crippen LogP contribution in [0.2, 0.25) is 0 Å². The molecule has 0 amide bonds. The molecular formula is C12H12ClF2NO3S. The summed E-state index contributed by atoms with van der Waals surface area (Å²) in [7, 11) is -3.87. The number of sulfone groups is 1. The van der Waals surface area contributed by atoms with Crippen LogP contribution in [-0.2, 0) is 20.4 Å². The largest absolute Gasteiger partial charge is 0.387 e. The van der Waals surface area contributed by atoms with Crippen molar-refractivity contribution in [2.24, 2.45) is 5.16 Å². The summed E-state index contributed by atoms with van der Waals surface area (Å²) < 4.78 is 50.8. The van der Waals surface area contributed by atoms with Crippen molar-refractivity contribution in [3.8, 4) is 0 Å². The molecule has 1 aliphatic rings. The Morgan fingerprint density at radius 1 is 1.45 bits per heavy atom. The second-order valence-electron chi connectivity index (χ2n) is 4.81. The van der Waals surface area contributed by atoms with Crippen LogP contribution in [0.5, 0.6) is 0 Å². The van der Waals surface area contributed by atoms with E-state index in [2.05, 4.69) is 5.16 Å². The first-order valence-electron chi connectivity index (χ1n) is 5.74. The Labute approximate surface area is 120 Å². The summed E-state index contributed by atoms with van der Waals surface area (Å²) >= 11 is 5.67. The van der Waals surface area contributed by atoms with Crippen molar-refractivity contribution in [2.45, 2.75) is 24.7 Å². The lowest BCUT2D eigenvalue weighted by Gasteiger charge is -2.16. The molecule has 0 fully saturated rings. The number of nitrogens with zero attached hydrogens (tertiary/aromatic N) is 1. The molecule has 1 aromatic carbocycles. The van der Waals surface area contributed by atoms with Crippen molar-refractivity contribution in [3.63, 3.8) is 0 Å². The third kappa shape index (κ3) is 2.93. The van der Waals surface area contributed by atoms with Gasteiger partial charge in [0.15, 0.2) is 32.1 Å². The van der Waals surface area contributed by atoms with Gasteiger partial charge >= 0.3 is 0 Å². The molecule has 0 saturated heterocycles. The van der Waals surface area contributed by atoms with Crippen molar-refractivity contribution in [1.82, 2.24) is 0 Å². The third-order valence-electron chi connectivity index (χ3n) is 2.91. The van der Waals surface area contributed by atoms with E-state index in [1.807, 2.05) is 0 Å². The van der Waals surface area contributed by atoms with E-state index in [-0.39, 0.29) is 22.9 Å². The molecule has 20 heavy (non-hydrogen) atoms. The molecule has 1 unspecified atom stereocenters. The molecule has 110 valence electrons. The fraction of sp³-hybridized carbons (Fsp3) is 0.417. The summed E-state index contributed by atoms with van der Waals surface area (Å²) in [6.45, 7) is 1.62. The first kappa shape index (κ1) is 15.2. The Bertz CT molecular complexity index is 663. The molecule has 0 bridgehead atoms. The van der Waals surface area contributed by atoms with Gasteiger partial charge in [-0.2, -0.15) is 0 Å². The Balaban J connectivity index is 2.23. The molecule has 0 spiro atoms. The standard InChI is InChI=1S/C12H12ClF2NO3S/c1-12(7-13)5-10(16-19-12)20(17,18)6-8-3-2-4-9(14)11(8)15/h2-4H,5-7H2,1H3. The van der Waals surface area contributed by atoms with Gasteiger partial charge in [0, 0.05) is 12.0 Å².